The SMILES string of the molecule is Cc1cccc(C=NCc2cc(N3CCOCC3)n3nc(C4CCCCC4)cc3n2)c1. The lowest BCUT2D eigenvalue weighted by atomic mass is 9.87. The quantitative estimate of drug-likeness (QED) is 0.572. The van der Waals surface area contributed by atoms with Crippen LogP contribution in [0.15, 0.2) is 41.4 Å². The summed E-state index contributed by atoms with van der Waals surface area (Å²) >= 11 is 0. The summed E-state index contributed by atoms with van der Waals surface area (Å²) in [4.78, 5) is 12.0. The molecule has 1 saturated carbocycles. The van der Waals surface area contributed by atoms with E-state index in [1.807, 2.05) is 10.7 Å². The molecule has 1 aliphatic carbocycles. The van der Waals surface area contributed by atoms with Gasteiger partial charge in [0.15, 0.2) is 5.65 Å². The van der Waals surface area contributed by atoms with E-state index in [9.17, 15) is 0 Å². The predicted molar refractivity (Wildman–Crippen MR) is 124 cm³/mol. The minimum atomic E-state index is 0.561. The van der Waals surface area contributed by atoms with E-state index in [1.54, 1.807) is 0 Å². The van der Waals surface area contributed by atoms with E-state index >= 15 is 0 Å². The second-order valence-corrected chi connectivity index (χ2v) is 8.76. The van der Waals surface area contributed by atoms with Crippen LogP contribution in [0.2, 0.25) is 0 Å². The molecule has 0 bridgehead atoms. The molecule has 0 unspecified atom stereocenters. The molecule has 0 radical (unpaired) electrons. The topological polar surface area (TPSA) is 55.0 Å². The number of anilines is 1. The van der Waals surface area contributed by atoms with E-state index in [0.29, 0.717) is 12.5 Å². The highest BCUT2D eigenvalue weighted by Crippen LogP contribution is 2.33. The highest BCUT2D eigenvalue weighted by Gasteiger charge is 2.22. The maximum absolute atomic E-state index is 5.58. The van der Waals surface area contributed by atoms with Crippen LogP contribution in [0.5, 0.6) is 0 Å². The molecule has 2 aromatic heterocycles. The fourth-order valence-electron chi connectivity index (χ4n) is 4.72. The number of aryl methyl sites for hydroxylation is 1. The molecule has 0 atom stereocenters. The van der Waals surface area contributed by atoms with Gasteiger partial charge < -0.3 is 9.64 Å². The zero-order chi connectivity index (χ0) is 21.0. The monoisotopic (exact) mass is 417 g/mol. The third-order valence-electron chi connectivity index (χ3n) is 6.37. The Morgan fingerprint density at radius 1 is 1.10 bits per heavy atom. The molecule has 1 saturated heterocycles. The second-order valence-electron chi connectivity index (χ2n) is 8.76. The Balaban J connectivity index is 1.46. The number of aliphatic imine (C=N–C) groups is 1. The van der Waals surface area contributed by atoms with Crippen LogP contribution < -0.4 is 4.90 Å². The minimum absolute atomic E-state index is 0.561. The van der Waals surface area contributed by atoms with Gasteiger partial charge in [-0.25, -0.2) is 4.98 Å². The van der Waals surface area contributed by atoms with Crippen LogP contribution in [0.4, 0.5) is 5.82 Å². The lowest BCUT2D eigenvalue weighted by Crippen LogP contribution is -2.37. The molecule has 31 heavy (non-hydrogen) atoms. The van der Waals surface area contributed by atoms with Crippen molar-refractivity contribution in [1.82, 2.24) is 14.6 Å². The van der Waals surface area contributed by atoms with E-state index in [0.717, 1.165) is 49.0 Å². The molecule has 1 aromatic carbocycles. The Hall–Kier alpha value is -2.73. The van der Waals surface area contributed by atoms with E-state index in [2.05, 4.69) is 53.2 Å². The van der Waals surface area contributed by atoms with Crippen molar-refractivity contribution in [3.8, 4) is 0 Å². The Kier molecular flexibility index (Phi) is 5.98. The average molecular weight is 418 g/mol. The zero-order valence-corrected chi connectivity index (χ0v) is 18.3. The summed E-state index contributed by atoms with van der Waals surface area (Å²) in [7, 11) is 0. The number of rotatable bonds is 5. The molecule has 3 aromatic rings. The van der Waals surface area contributed by atoms with E-state index < -0.39 is 0 Å². The van der Waals surface area contributed by atoms with Crippen molar-refractivity contribution >= 4 is 17.7 Å². The molecule has 6 heteroatoms. The van der Waals surface area contributed by atoms with Gasteiger partial charge >= 0.3 is 0 Å². The fraction of sp³-hybridized carbons (Fsp3) is 0.480. The van der Waals surface area contributed by atoms with Crippen molar-refractivity contribution in [2.45, 2.75) is 51.5 Å². The minimum Gasteiger partial charge on any atom is -0.378 e. The van der Waals surface area contributed by atoms with E-state index in [4.69, 9.17) is 14.8 Å². The van der Waals surface area contributed by atoms with Crippen LogP contribution in [-0.2, 0) is 11.3 Å². The molecule has 162 valence electrons. The first-order valence-electron chi connectivity index (χ1n) is 11.5. The smallest absolute Gasteiger partial charge is 0.157 e. The maximum atomic E-state index is 5.58. The number of hydrogen-bond donors (Lipinski definition) is 0. The first-order chi connectivity index (χ1) is 15.3. The maximum Gasteiger partial charge on any atom is 0.157 e. The van der Waals surface area contributed by atoms with E-state index in [-0.39, 0.29) is 0 Å². The Morgan fingerprint density at radius 3 is 2.74 bits per heavy atom. The predicted octanol–water partition coefficient (Wildman–Crippen LogP) is 4.54. The summed E-state index contributed by atoms with van der Waals surface area (Å²) in [6, 6.07) is 12.8. The number of fused-ring (bicyclic) bond motifs is 1. The normalized spacial score (nSPS) is 18.3. The summed E-state index contributed by atoms with van der Waals surface area (Å²) in [6.45, 7) is 5.92. The third kappa shape index (κ3) is 4.64. The van der Waals surface area contributed by atoms with Crippen molar-refractivity contribution in [3.05, 3.63) is 58.9 Å². The van der Waals surface area contributed by atoms with Crippen LogP contribution in [-0.4, -0.2) is 47.1 Å². The van der Waals surface area contributed by atoms with Crippen molar-refractivity contribution < 1.29 is 4.74 Å². The Labute approximate surface area is 184 Å². The fourth-order valence-corrected chi connectivity index (χ4v) is 4.72. The molecular formula is C25H31N5O. The highest BCUT2D eigenvalue weighted by molar-refractivity contribution is 5.79. The number of nitrogens with zero attached hydrogens (tertiary/aromatic N) is 5. The van der Waals surface area contributed by atoms with Gasteiger partial charge in [0.25, 0.3) is 0 Å². The number of morpholine rings is 1. The Bertz CT molecular complexity index is 1060. The van der Waals surface area contributed by atoms with Gasteiger partial charge in [0.05, 0.1) is 31.1 Å². The van der Waals surface area contributed by atoms with Crippen molar-refractivity contribution in [3.63, 3.8) is 0 Å². The Morgan fingerprint density at radius 2 is 1.94 bits per heavy atom. The second kappa shape index (κ2) is 9.18. The van der Waals surface area contributed by atoms with Crippen LogP contribution in [0.1, 0.15) is 60.5 Å². The average Bonchev–Trinajstić information content (AvgIpc) is 3.24. The lowest BCUT2D eigenvalue weighted by Gasteiger charge is -2.29. The molecule has 5 rings (SSSR count). The molecule has 3 heterocycles. The number of ether oxygens (including phenoxy) is 1. The molecule has 2 aliphatic rings. The third-order valence-corrected chi connectivity index (χ3v) is 6.37. The van der Waals surface area contributed by atoms with Crippen LogP contribution in [0, 0.1) is 6.92 Å². The largest absolute Gasteiger partial charge is 0.378 e. The molecule has 6 nitrogen and oxygen atoms in total. The summed E-state index contributed by atoms with van der Waals surface area (Å²) in [5.74, 6) is 1.67. The standard InChI is InChI=1S/C25H31N5O/c1-19-6-5-7-20(14-19)17-26-18-22-15-25(29-10-12-31-13-11-29)30-24(27-22)16-23(28-30)21-8-3-2-4-9-21/h5-7,14-17,21H,2-4,8-13,18H2,1H3. The summed E-state index contributed by atoms with van der Waals surface area (Å²) in [5, 5.41) is 5.02. The number of hydrogen-bond acceptors (Lipinski definition) is 5. The molecule has 0 spiro atoms. The highest BCUT2D eigenvalue weighted by atomic mass is 16.5. The molecule has 0 amide bonds. The number of benzene rings is 1. The molecular weight excluding hydrogens is 386 g/mol. The number of aromatic nitrogens is 3. The van der Waals surface area contributed by atoms with E-state index in [1.165, 1.54) is 43.4 Å². The van der Waals surface area contributed by atoms with Crippen molar-refractivity contribution in [1.29, 1.82) is 0 Å². The van der Waals surface area contributed by atoms with Crippen molar-refractivity contribution in [2.75, 3.05) is 31.2 Å². The van der Waals surface area contributed by atoms with Crippen LogP contribution in [0.25, 0.3) is 5.65 Å². The first-order valence-corrected chi connectivity index (χ1v) is 11.5. The lowest BCUT2D eigenvalue weighted by molar-refractivity contribution is 0.122. The molecule has 2 fully saturated rings. The summed E-state index contributed by atoms with van der Waals surface area (Å²) < 4.78 is 7.62. The van der Waals surface area contributed by atoms with Gasteiger partial charge in [0.2, 0.25) is 0 Å². The first kappa shape index (κ1) is 20.2. The molecule has 1 aliphatic heterocycles. The van der Waals surface area contributed by atoms with Crippen LogP contribution in [0.3, 0.4) is 0 Å². The van der Waals surface area contributed by atoms with Gasteiger partial charge in [-0.3, -0.25) is 4.99 Å². The van der Waals surface area contributed by atoms with Gasteiger partial charge in [0, 0.05) is 37.4 Å². The van der Waals surface area contributed by atoms with Gasteiger partial charge in [-0.15, -0.1) is 0 Å². The van der Waals surface area contributed by atoms with Gasteiger partial charge in [-0.05, 0) is 25.3 Å². The van der Waals surface area contributed by atoms with Crippen molar-refractivity contribution in [2.24, 2.45) is 4.99 Å². The van der Waals surface area contributed by atoms with Gasteiger partial charge in [-0.1, -0.05) is 49.1 Å². The molecule has 0 N–H and O–H groups in total. The summed E-state index contributed by atoms with van der Waals surface area (Å²) in [6.07, 6.45) is 8.39. The summed E-state index contributed by atoms with van der Waals surface area (Å²) in [5.41, 5.74) is 5.48. The van der Waals surface area contributed by atoms with Crippen LogP contribution >= 0.6 is 0 Å². The van der Waals surface area contributed by atoms with Gasteiger partial charge in [-0.2, -0.15) is 9.61 Å². The van der Waals surface area contributed by atoms with Gasteiger partial charge in [0.1, 0.15) is 5.82 Å². The zero-order valence-electron chi connectivity index (χ0n) is 18.3.